The maximum atomic E-state index is 5.48. The molecule has 3 rings (SSSR count). The van der Waals surface area contributed by atoms with E-state index in [4.69, 9.17) is 4.74 Å². The van der Waals surface area contributed by atoms with E-state index in [-0.39, 0.29) is 0 Å². The molecule has 0 fully saturated rings. The summed E-state index contributed by atoms with van der Waals surface area (Å²) in [5, 5.41) is 6.60. The van der Waals surface area contributed by atoms with Gasteiger partial charge in [-0.05, 0) is 30.7 Å². The van der Waals surface area contributed by atoms with Crippen LogP contribution < -0.4 is 10.1 Å². The fourth-order valence-corrected chi connectivity index (χ4v) is 2.67. The Morgan fingerprint density at radius 1 is 1.47 bits per heavy atom. The molecule has 0 aliphatic carbocycles. The molecule has 1 N–H and O–H groups in total. The lowest BCUT2D eigenvalue weighted by molar-refractivity contribution is 0.357. The van der Waals surface area contributed by atoms with Crippen LogP contribution in [0.1, 0.15) is 16.3 Å². The zero-order valence-corrected chi connectivity index (χ0v) is 10.5. The Kier molecular flexibility index (Phi) is 2.73. The number of hydrogen-bond donors (Lipinski definition) is 1. The summed E-state index contributed by atoms with van der Waals surface area (Å²) in [6, 6.07) is 6.27. The Bertz CT molecular complexity index is 536. The van der Waals surface area contributed by atoms with E-state index in [9.17, 15) is 0 Å². The average Bonchev–Trinajstić information content (AvgIpc) is 2.94. The van der Waals surface area contributed by atoms with Crippen LogP contribution in [0.5, 0.6) is 5.75 Å². The van der Waals surface area contributed by atoms with Gasteiger partial charge in [-0.2, -0.15) is 0 Å². The number of benzene rings is 1. The topological polar surface area (TPSA) is 34.1 Å². The van der Waals surface area contributed by atoms with Crippen LogP contribution in [0.15, 0.2) is 23.6 Å². The summed E-state index contributed by atoms with van der Waals surface area (Å²) in [7, 11) is 0. The van der Waals surface area contributed by atoms with Gasteiger partial charge in [0, 0.05) is 23.2 Å². The molecule has 0 spiro atoms. The van der Waals surface area contributed by atoms with Crippen LogP contribution in [-0.4, -0.2) is 11.6 Å². The second-order valence-corrected chi connectivity index (χ2v) is 5.10. The minimum absolute atomic E-state index is 0.790. The van der Waals surface area contributed by atoms with Gasteiger partial charge >= 0.3 is 0 Å². The van der Waals surface area contributed by atoms with Crippen molar-refractivity contribution in [3.8, 4) is 5.75 Å². The van der Waals surface area contributed by atoms with Gasteiger partial charge in [0.05, 0.1) is 13.2 Å². The number of nitrogens with one attached hydrogen (secondary N) is 1. The second kappa shape index (κ2) is 4.37. The highest BCUT2D eigenvalue weighted by atomic mass is 32.1. The first-order chi connectivity index (χ1) is 8.31. The predicted octanol–water partition coefficient (Wildman–Crippen LogP) is 3.00. The summed E-state index contributed by atoms with van der Waals surface area (Å²) in [4.78, 5) is 4.43. The molecule has 17 heavy (non-hydrogen) atoms. The molecule has 0 saturated heterocycles. The first-order valence-electron chi connectivity index (χ1n) is 5.72. The average molecular weight is 246 g/mol. The summed E-state index contributed by atoms with van der Waals surface area (Å²) in [6.45, 7) is 3.62. The molecule has 0 radical (unpaired) electrons. The third kappa shape index (κ3) is 2.26. The molecule has 0 saturated carbocycles. The van der Waals surface area contributed by atoms with Crippen molar-refractivity contribution in [2.45, 2.75) is 19.9 Å². The normalized spacial score (nSPS) is 13.2. The Hall–Kier alpha value is -1.55. The molecule has 88 valence electrons. The Balaban J connectivity index is 1.69. The molecular formula is C13H14N2OS. The molecule has 0 atom stereocenters. The summed E-state index contributed by atoms with van der Waals surface area (Å²) < 4.78 is 5.48. The van der Waals surface area contributed by atoms with Gasteiger partial charge in [0.1, 0.15) is 10.8 Å². The zero-order valence-electron chi connectivity index (χ0n) is 9.69. The lowest BCUT2D eigenvalue weighted by Gasteiger charge is -2.06. The van der Waals surface area contributed by atoms with Gasteiger partial charge in [0.15, 0.2) is 0 Å². The number of thiazole rings is 1. The first-order valence-corrected chi connectivity index (χ1v) is 6.60. The van der Waals surface area contributed by atoms with Crippen molar-refractivity contribution in [1.82, 2.24) is 4.98 Å². The third-order valence-corrected chi connectivity index (χ3v) is 3.77. The van der Waals surface area contributed by atoms with E-state index in [1.165, 1.54) is 5.56 Å². The van der Waals surface area contributed by atoms with Gasteiger partial charge in [0.25, 0.3) is 0 Å². The molecule has 1 aliphatic heterocycles. The van der Waals surface area contributed by atoms with Crippen LogP contribution >= 0.6 is 11.3 Å². The summed E-state index contributed by atoms with van der Waals surface area (Å²) in [6.07, 6.45) is 1.02. The monoisotopic (exact) mass is 246 g/mol. The standard InChI is InChI=1S/C13H14N2OS/c1-9-8-17-13(15-9)7-14-11-2-3-12-10(6-11)4-5-16-12/h2-3,6,8,14H,4-5,7H2,1H3. The molecule has 0 amide bonds. The lowest BCUT2D eigenvalue weighted by atomic mass is 10.1. The Morgan fingerprint density at radius 2 is 2.41 bits per heavy atom. The largest absolute Gasteiger partial charge is 0.493 e. The van der Waals surface area contributed by atoms with Gasteiger partial charge in [0.2, 0.25) is 0 Å². The van der Waals surface area contributed by atoms with Crippen molar-refractivity contribution in [2.24, 2.45) is 0 Å². The molecule has 1 aromatic heterocycles. The minimum Gasteiger partial charge on any atom is -0.493 e. The maximum Gasteiger partial charge on any atom is 0.122 e. The van der Waals surface area contributed by atoms with Gasteiger partial charge in [-0.1, -0.05) is 0 Å². The quantitative estimate of drug-likeness (QED) is 0.904. The number of hydrogen-bond acceptors (Lipinski definition) is 4. The molecule has 1 aromatic carbocycles. The first kappa shape index (κ1) is 10.6. The predicted molar refractivity (Wildman–Crippen MR) is 69.8 cm³/mol. The molecule has 0 bridgehead atoms. The fourth-order valence-electron chi connectivity index (χ4n) is 1.96. The van der Waals surface area contributed by atoms with Crippen LogP contribution in [0.2, 0.25) is 0 Å². The van der Waals surface area contributed by atoms with E-state index in [2.05, 4.69) is 27.8 Å². The van der Waals surface area contributed by atoms with Crippen molar-refractivity contribution in [1.29, 1.82) is 0 Å². The van der Waals surface area contributed by atoms with Gasteiger partial charge in [-0.15, -0.1) is 11.3 Å². The Morgan fingerprint density at radius 3 is 3.24 bits per heavy atom. The number of aryl methyl sites for hydroxylation is 1. The number of nitrogens with zero attached hydrogens (tertiary/aromatic N) is 1. The summed E-state index contributed by atoms with van der Waals surface area (Å²) >= 11 is 1.70. The molecule has 2 aromatic rings. The molecule has 1 aliphatic rings. The van der Waals surface area contributed by atoms with E-state index >= 15 is 0 Å². The lowest BCUT2D eigenvalue weighted by Crippen LogP contribution is -1.99. The number of anilines is 1. The number of ether oxygens (including phenoxy) is 1. The van der Waals surface area contributed by atoms with Crippen molar-refractivity contribution in [2.75, 3.05) is 11.9 Å². The highest BCUT2D eigenvalue weighted by Crippen LogP contribution is 2.28. The van der Waals surface area contributed by atoms with Gasteiger partial charge in [-0.3, -0.25) is 0 Å². The highest BCUT2D eigenvalue weighted by molar-refractivity contribution is 7.09. The molecule has 2 heterocycles. The Labute approximate surface area is 104 Å². The van der Waals surface area contributed by atoms with Crippen LogP contribution in [-0.2, 0) is 13.0 Å². The van der Waals surface area contributed by atoms with Crippen molar-refractivity contribution in [3.63, 3.8) is 0 Å². The minimum atomic E-state index is 0.790. The fraction of sp³-hybridized carbons (Fsp3) is 0.308. The molecule has 0 unspecified atom stereocenters. The van der Waals surface area contributed by atoms with E-state index in [1.807, 2.05) is 13.0 Å². The van der Waals surface area contributed by atoms with Crippen molar-refractivity contribution in [3.05, 3.63) is 39.8 Å². The number of aromatic nitrogens is 1. The highest BCUT2D eigenvalue weighted by Gasteiger charge is 2.11. The third-order valence-electron chi connectivity index (χ3n) is 2.80. The summed E-state index contributed by atoms with van der Waals surface area (Å²) in [5.41, 5.74) is 3.53. The zero-order chi connectivity index (χ0) is 11.7. The van der Waals surface area contributed by atoms with Crippen LogP contribution in [0, 0.1) is 6.92 Å². The molecule has 4 heteroatoms. The SMILES string of the molecule is Cc1csc(CNc2ccc3c(c2)CCO3)n1. The maximum absolute atomic E-state index is 5.48. The molecular weight excluding hydrogens is 232 g/mol. The second-order valence-electron chi connectivity index (χ2n) is 4.16. The van der Waals surface area contributed by atoms with Gasteiger partial charge in [-0.25, -0.2) is 4.98 Å². The number of fused-ring (bicyclic) bond motifs is 1. The molecule has 3 nitrogen and oxygen atoms in total. The van der Waals surface area contributed by atoms with E-state index in [0.717, 1.165) is 41.7 Å². The van der Waals surface area contributed by atoms with Crippen molar-refractivity contribution >= 4 is 17.0 Å². The smallest absolute Gasteiger partial charge is 0.122 e. The summed E-state index contributed by atoms with van der Waals surface area (Å²) in [5.74, 6) is 1.03. The van der Waals surface area contributed by atoms with E-state index < -0.39 is 0 Å². The number of rotatable bonds is 3. The van der Waals surface area contributed by atoms with Crippen LogP contribution in [0.25, 0.3) is 0 Å². The van der Waals surface area contributed by atoms with Crippen molar-refractivity contribution < 1.29 is 4.74 Å². The van der Waals surface area contributed by atoms with E-state index in [1.54, 1.807) is 11.3 Å². The van der Waals surface area contributed by atoms with E-state index in [0.29, 0.717) is 0 Å². The van der Waals surface area contributed by atoms with Crippen LogP contribution in [0.4, 0.5) is 5.69 Å². The van der Waals surface area contributed by atoms with Gasteiger partial charge < -0.3 is 10.1 Å². The van der Waals surface area contributed by atoms with Crippen LogP contribution in [0.3, 0.4) is 0 Å².